The van der Waals surface area contributed by atoms with Gasteiger partial charge >= 0.3 is 12.1 Å². The fourth-order valence-corrected chi connectivity index (χ4v) is 4.97. The predicted molar refractivity (Wildman–Crippen MR) is 72.2 cm³/mol. The molecule has 5 heteroatoms. The van der Waals surface area contributed by atoms with Crippen LogP contribution in [-0.2, 0) is 9.53 Å². The second-order valence-corrected chi connectivity index (χ2v) is 7.20. The molecule has 0 aromatic heterocycles. The van der Waals surface area contributed by atoms with E-state index < -0.39 is 18.1 Å². The highest BCUT2D eigenvalue weighted by atomic mass is 16.5. The van der Waals surface area contributed by atoms with Gasteiger partial charge < -0.3 is 15.2 Å². The van der Waals surface area contributed by atoms with Crippen LogP contribution in [0, 0.1) is 23.2 Å². The molecule has 1 amide bonds. The normalized spacial score (nSPS) is 39.4. The number of hydrogen-bond acceptors (Lipinski definition) is 3. The van der Waals surface area contributed by atoms with Gasteiger partial charge in [0.1, 0.15) is 6.04 Å². The zero-order chi connectivity index (χ0) is 14.3. The molecule has 4 aliphatic carbocycles. The second-order valence-electron chi connectivity index (χ2n) is 7.20. The number of hydrogen-bond donors (Lipinski definition) is 2. The van der Waals surface area contributed by atoms with Crippen molar-refractivity contribution in [1.82, 2.24) is 5.32 Å². The van der Waals surface area contributed by atoms with Gasteiger partial charge in [0.05, 0.1) is 6.61 Å². The van der Waals surface area contributed by atoms with Gasteiger partial charge in [0.15, 0.2) is 0 Å². The van der Waals surface area contributed by atoms with Crippen molar-refractivity contribution in [2.45, 2.75) is 51.5 Å². The molecule has 4 bridgehead atoms. The molecule has 0 spiro atoms. The maximum atomic E-state index is 11.7. The summed E-state index contributed by atoms with van der Waals surface area (Å²) in [5, 5.41) is 11.1. The summed E-state index contributed by atoms with van der Waals surface area (Å²) < 4.78 is 5.33. The highest BCUT2D eigenvalue weighted by molar-refractivity contribution is 5.79. The van der Waals surface area contributed by atoms with E-state index in [1.807, 2.05) is 0 Å². The molecule has 4 saturated carbocycles. The second kappa shape index (κ2) is 4.93. The third-order valence-corrected chi connectivity index (χ3v) is 5.38. The highest BCUT2D eigenvalue weighted by Gasteiger charge is 2.51. The SMILES string of the molecule is CC(NC(=O)OCC12CC3CC(CC(C3)C1)C2)C(=O)O. The zero-order valence-electron chi connectivity index (χ0n) is 11.9. The summed E-state index contributed by atoms with van der Waals surface area (Å²) in [5.41, 5.74) is 0.179. The van der Waals surface area contributed by atoms with Crippen LogP contribution in [0.3, 0.4) is 0 Å². The Balaban J connectivity index is 1.53. The summed E-state index contributed by atoms with van der Waals surface area (Å²) in [4.78, 5) is 22.3. The smallest absolute Gasteiger partial charge is 0.407 e. The third kappa shape index (κ3) is 2.63. The zero-order valence-corrected chi connectivity index (χ0v) is 11.9. The average Bonchev–Trinajstić information content (AvgIpc) is 2.34. The van der Waals surface area contributed by atoms with Gasteiger partial charge in [0, 0.05) is 5.41 Å². The van der Waals surface area contributed by atoms with Crippen LogP contribution >= 0.6 is 0 Å². The monoisotopic (exact) mass is 281 g/mol. The van der Waals surface area contributed by atoms with Crippen molar-refractivity contribution in [3.8, 4) is 0 Å². The van der Waals surface area contributed by atoms with Crippen molar-refractivity contribution in [2.75, 3.05) is 6.61 Å². The summed E-state index contributed by atoms with van der Waals surface area (Å²) in [5.74, 6) is 1.43. The van der Waals surface area contributed by atoms with E-state index >= 15 is 0 Å². The maximum Gasteiger partial charge on any atom is 0.407 e. The van der Waals surface area contributed by atoms with Crippen LogP contribution in [0.1, 0.15) is 45.4 Å². The number of carbonyl (C=O) groups excluding carboxylic acids is 1. The van der Waals surface area contributed by atoms with Crippen LogP contribution in [0.25, 0.3) is 0 Å². The molecule has 0 radical (unpaired) electrons. The van der Waals surface area contributed by atoms with E-state index in [4.69, 9.17) is 9.84 Å². The van der Waals surface area contributed by atoms with E-state index in [1.165, 1.54) is 45.4 Å². The molecule has 0 aromatic rings. The molecule has 5 nitrogen and oxygen atoms in total. The lowest BCUT2D eigenvalue weighted by atomic mass is 9.50. The Kier molecular flexibility index (Phi) is 3.38. The molecule has 1 atom stereocenters. The molecule has 1 unspecified atom stereocenters. The minimum absolute atomic E-state index is 0.179. The molecule has 4 rings (SSSR count). The lowest BCUT2D eigenvalue weighted by molar-refractivity contribution is -0.138. The van der Waals surface area contributed by atoms with Crippen LogP contribution in [0.2, 0.25) is 0 Å². The number of alkyl carbamates (subject to hydrolysis) is 1. The average molecular weight is 281 g/mol. The molecule has 112 valence electrons. The molecule has 0 aromatic carbocycles. The highest BCUT2D eigenvalue weighted by Crippen LogP contribution is 2.59. The van der Waals surface area contributed by atoms with Crippen LogP contribution in [0.4, 0.5) is 4.79 Å². The topological polar surface area (TPSA) is 75.6 Å². The van der Waals surface area contributed by atoms with Gasteiger partial charge in [-0.15, -0.1) is 0 Å². The minimum atomic E-state index is -1.04. The Morgan fingerprint density at radius 3 is 2.15 bits per heavy atom. The molecular weight excluding hydrogens is 258 g/mol. The van der Waals surface area contributed by atoms with Gasteiger partial charge in [0.25, 0.3) is 0 Å². The van der Waals surface area contributed by atoms with Gasteiger partial charge in [-0.05, 0) is 63.2 Å². The van der Waals surface area contributed by atoms with Gasteiger partial charge in [-0.1, -0.05) is 0 Å². The van der Waals surface area contributed by atoms with E-state index in [0.717, 1.165) is 17.8 Å². The third-order valence-electron chi connectivity index (χ3n) is 5.38. The maximum absolute atomic E-state index is 11.7. The lowest BCUT2D eigenvalue weighted by Crippen LogP contribution is -2.49. The molecule has 0 aliphatic heterocycles. The van der Waals surface area contributed by atoms with Crippen molar-refractivity contribution in [3.05, 3.63) is 0 Å². The predicted octanol–water partition coefficient (Wildman–Crippen LogP) is 2.40. The Bertz CT molecular complexity index is 385. The quantitative estimate of drug-likeness (QED) is 0.829. The number of aliphatic carboxylic acids is 1. The molecule has 0 saturated heterocycles. The van der Waals surface area contributed by atoms with Crippen molar-refractivity contribution in [2.24, 2.45) is 23.2 Å². The lowest BCUT2D eigenvalue weighted by Gasteiger charge is -2.56. The summed E-state index contributed by atoms with van der Waals surface area (Å²) >= 11 is 0. The van der Waals surface area contributed by atoms with Crippen molar-refractivity contribution < 1.29 is 19.4 Å². The van der Waals surface area contributed by atoms with Gasteiger partial charge in [-0.25, -0.2) is 4.79 Å². The van der Waals surface area contributed by atoms with Gasteiger partial charge in [-0.2, -0.15) is 0 Å². The minimum Gasteiger partial charge on any atom is -0.480 e. The van der Waals surface area contributed by atoms with Crippen LogP contribution in [-0.4, -0.2) is 29.8 Å². The number of carboxylic acid groups (broad SMARTS) is 1. The van der Waals surface area contributed by atoms with Crippen LogP contribution in [0.15, 0.2) is 0 Å². The van der Waals surface area contributed by atoms with E-state index in [9.17, 15) is 9.59 Å². The van der Waals surface area contributed by atoms with Crippen LogP contribution < -0.4 is 5.32 Å². The summed E-state index contributed by atoms with van der Waals surface area (Å²) in [7, 11) is 0. The fraction of sp³-hybridized carbons (Fsp3) is 0.867. The number of rotatable bonds is 4. The molecule has 4 aliphatic rings. The van der Waals surface area contributed by atoms with Crippen molar-refractivity contribution >= 4 is 12.1 Å². The molecular formula is C15H23NO4. The number of nitrogens with one attached hydrogen (secondary N) is 1. The standard InChI is InChI=1S/C15H23NO4/c1-9(13(17)18)16-14(19)20-8-15-5-10-2-11(6-15)4-12(3-10)7-15/h9-12H,2-8H2,1H3,(H,16,19)(H,17,18). The summed E-state index contributed by atoms with van der Waals surface area (Å²) in [6.07, 6.45) is 7.03. The van der Waals surface area contributed by atoms with Crippen LogP contribution in [0.5, 0.6) is 0 Å². The van der Waals surface area contributed by atoms with E-state index in [1.54, 1.807) is 0 Å². The van der Waals surface area contributed by atoms with E-state index in [-0.39, 0.29) is 5.41 Å². The Labute approximate surface area is 119 Å². The Morgan fingerprint density at radius 2 is 1.70 bits per heavy atom. The number of carbonyl (C=O) groups is 2. The van der Waals surface area contributed by atoms with Crippen molar-refractivity contribution in [1.29, 1.82) is 0 Å². The van der Waals surface area contributed by atoms with Gasteiger partial charge in [-0.3, -0.25) is 4.79 Å². The summed E-state index contributed by atoms with van der Waals surface area (Å²) in [6, 6.07) is -0.904. The number of ether oxygens (including phenoxy) is 1. The Hall–Kier alpha value is -1.26. The van der Waals surface area contributed by atoms with E-state index in [2.05, 4.69) is 5.32 Å². The number of amides is 1. The fourth-order valence-electron chi connectivity index (χ4n) is 4.97. The molecule has 0 heterocycles. The first kappa shape index (κ1) is 13.7. The van der Waals surface area contributed by atoms with E-state index in [0.29, 0.717) is 6.61 Å². The first-order valence-electron chi connectivity index (χ1n) is 7.62. The molecule has 4 fully saturated rings. The first-order chi connectivity index (χ1) is 9.46. The van der Waals surface area contributed by atoms with Crippen molar-refractivity contribution in [3.63, 3.8) is 0 Å². The first-order valence-corrected chi connectivity index (χ1v) is 7.62. The largest absolute Gasteiger partial charge is 0.480 e. The summed E-state index contributed by atoms with van der Waals surface area (Å²) in [6.45, 7) is 1.89. The molecule has 2 N–H and O–H groups in total. The molecule has 20 heavy (non-hydrogen) atoms. The number of carboxylic acids is 1. The van der Waals surface area contributed by atoms with Gasteiger partial charge in [0.2, 0.25) is 0 Å². The Morgan fingerprint density at radius 1 is 1.20 bits per heavy atom.